The van der Waals surface area contributed by atoms with Crippen molar-refractivity contribution in [2.45, 2.75) is 18.3 Å². The SMILES string of the molecule is O=C([C@@H](O)CO)[C@H](O)C(O)CO. The lowest BCUT2D eigenvalue weighted by Crippen LogP contribution is -2.43. The van der Waals surface area contributed by atoms with Crippen LogP contribution in [-0.2, 0) is 4.79 Å². The van der Waals surface area contributed by atoms with Crippen molar-refractivity contribution in [2.75, 3.05) is 13.2 Å². The van der Waals surface area contributed by atoms with E-state index in [9.17, 15) is 4.79 Å². The molecule has 6 nitrogen and oxygen atoms in total. The van der Waals surface area contributed by atoms with Gasteiger partial charge in [-0.05, 0) is 0 Å². The van der Waals surface area contributed by atoms with Gasteiger partial charge in [0.15, 0.2) is 5.78 Å². The zero-order valence-electron chi connectivity index (χ0n) is 6.29. The molecule has 3 atom stereocenters. The summed E-state index contributed by atoms with van der Waals surface area (Å²) in [5.41, 5.74) is 0. The zero-order chi connectivity index (χ0) is 9.72. The van der Waals surface area contributed by atoms with E-state index >= 15 is 0 Å². The van der Waals surface area contributed by atoms with E-state index in [2.05, 4.69) is 0 Å². The molecule has 0 heterocycles. The predicted octanol–water partition coefficient (Wildman–Crippen LogP) is -3.38. The molecule has 0 saturated heterocycles. The Balaban J connectivity index is 4.09. The maximum Gasteiger partial charge on any atom is 0.194 e. The number of aliphatic hydroxyl groups is 5. The second-order valence-electron chi connectivity index (χ2n) is 2.30. The molecule has 0 amide bonds. The summed E-state index contributed by atoms with van der Waals surface area (Å²) in [6.45, 7) is -1.61. The maximum absolute atomic E-state index is 10.7. The molecule has 5 N–H and O–H groups in total. The Kier molecular flexibility index (Phi) is 4.95. The Morgan fingerprint density at radius 1 is 1.08 bits per heavy atom. The average Bonchev–Trinajstić information content (AvgIpc) is 2.12. The van der Waals surface area contributed by atoms with Gasteiger partial charge in [0.2, 0.25) is 0 Å². The third-order valence-corrected chi connectivity index (χ3v) is 1.34. The number of ketones is 1. The molecule has 12 heavy (non-hydrogen) atoms. The number of rotatable bonds is 5. The summed E-state index contributed by atoms with van der Waals surface area (Å²) in [5.74, 6) is -1.11. The molecule has 0 bridgehead atoms. The predicted molar refractivity (Wildman–Crippen MR) is 37.2 cm³/mol. The van der Waals surface area contributed by atoms with Crippen LogP contribution in [0.25, 0.3) is 0 Å². The second kappa shape index (κ2) is 5.18. The van der Waals surface area contributed by atoms with Crippen molar-refractivity contribution in [2.24, 2.45) is 0 Å². The van der Waals surface area contributed by atoms with Crippen LogP contribution >= 0.6 is 0 Å². The van der Waals surface area contributed by atoms with Gasteiger partial charge in [0.1, 0.15) is 18.3 Å². The molecule has 0 aliphatic rings. The van der Waals surface area contributed by atoms with Gasteiger partial charge in [0.05, 0.1) is 13.2 Å². The summed E-state index contributed by atoms with van der Waals surface area (Å²) in [5, 5.41) is 42.9. The molecule has 72 valence electrons. The number of aliphatic hydroxyl groups excluding tert-OH is 5. The van der Waals surface area contributed by atoms with Crippen LogP contribution in [0.3, 0.4) is 0 Å². The lowest BCUT2D eigenvalue weighted by Gasteiger charge is -2.16. The first-order chi connectivity index (χ1) is 5.54. The van der Waals surface area contributed by atoms with Gasteiger partial charge in [-0.15, -0.1) is 0 Å². The van der Waals surface area contributed by atoms with Crippen molar-refractivity contribution in [1.82, 2.24) is 0 Å². The third kappa shape index (κ3) is 2.84. The molecular weight excluding hydrogens is 168 g/mol. The average molecular weight is 180 g/mol. The highest BCUT2D eigenvalue weighted by Crippen LogP contribution is 1.98. The van der Waals surface area contributed by atoms with E-state index in [1.165, 1.54) is 0 Å². The summed E-state index contributed by atoms with van der Waals surface area (Å²) in [7, 11) is 0. The Morgan fingerprint density at radius 2 is 1.58 bits per heavy atom. The van der Waals surface area contributed by atoms with Gasteiger partial charge >= 0.3 is 0 Å². The minimum absolute atomic E-state index is 0.787. The van der Waals surface area contributed by atoms with E-state index in [0.717, 1.165) is 0 Å². The molecule has 0 aromatic heterocycles. The number of carbonyl (C=O) groups is 1. The van der Waals surface area contributed by atoms with Crippen LogP contribution < -0.4 is 0 Å². The summed E-state index contributed by atoms with van der Waals surface area (Å²) in [4.78, 5) is 10.7. The number of hydrogen-bond acceptors (Lipinski definition) is 6. The number of hydrogen-bond donors (Lipinski definition) is 5. The highest BCUT2D eigenvalue weighted by molar-refractivity contribution is 5.87. The van der Waals surface area contributed by atoms with Crippen molar-refractivity contribution in [3.8, 4) is 0 Å². The third-order valence-electron chi connectivity index (χ3n) is 1.34. The molecule has 0 aromatic carbocycles. The van der Waals surface area contributed by atoms with E-state index < -0.39 is 37.3 Å². The molecule has 6 heteroatoms. The van der Waals surface area contributed by atoms with Crippen molar-refractivity contribution < 1.29 is 30.3 Å². The molecule has 0 radical (unpaired) electrons. The molecule has 1 unspecified atom stereocenters. The molecule has 0 spiro atoms. The minimum atomic E-state index is -1.86. The van der Waals surface area contributed by atoms with Crippen LogP contribution in [0.1, 0.15) is 0 Å². The summed E-state index contributed by atoms with van der Waals surface area (Å²) < 4.78 is 0. The standard InChI is InChI=1S/C6H12O6/c7-1-3(9)5(11)6(12)4(10)2-8/h3-5,7-11H,1-2H2/t3?,4-,5+/m0/s1. The number of Topliss-reactive ketones (excluding diaryl/α,β-unsaturated/α-hetero) is 1. The molecule has 0 aliphatic carbocycles. The molecule has 0 aliphatic heterocycles. The highest BCUT2D eigenvalue weighted by Gasteiger charge is 2.28. The zero-order valence-corrected chi connectivity index (χ0v) is 6.29. The van der Waals surface area contributed by atoms with E-state index in [4.69, 9.17) is 25.5 Å². The molecule has 0 rings (SSSR count). The van der Waals surface area contributed by atoms with Gasteiger partial charge in [0, 0.05) is 0 Å². The van der Waals surface area contributed by atoms with E-state index in [1.807, 2.05) is 0 Å². The lowest BCUT2D eigenvalue weighted by atomic mass is 10.1. The highest BCUT2D eigenvalue weighted by atomic mass is 16.4. The van der Waals surface area contributed by atoms with Crippen molar-refractivity contribution in [3.63, 3.8) is 0 Å². The van der Waals surface area contributed by atoms with Crippen LogP contribution in [0.15, 0.2) is 0 Å². The van der Waals surface area contributed by atoms with Crippen LogP contribution in [-0.4, -0.2) is 62.8 Å². The topological polar surface area (TPSA) is 118 Å². The van der Waals surface area contributed by atoms with E-state index in [-0.39, 0.29) is 0 Å². The fourth-order valence-electron chi connectivity index (χ4n) is 0.577. The first-order valence-corrected chi connectivity index (χ1v) is 3.34. The quantitative estimate of drug-likeness (QED) is 0.301. The van der Waals surface area contributed by atoms with E-state index in [0.29, 0.717) is 0 Å². The Bertz CT molecular complexity index is 147. The maximum atomic E-state index is 10.7. The second-order valence-corrected chi connectivity index (χ2v) is 2.30. The first kappa shape index (κ1) is 11.5. The summed E-state index contributed by atoms with van der Waals surface area (Å²) in [6, 6.07) is 0. The summed E-state index contributed by atoms with van der Waals surface area (Å²) in [6.07, 6.45) is -5.21. The smallest absolute Gasteiger partial charge is 0.194 e. The van der Waals surface area contributed by atoms with Crippen LogP contribution in [0.2, 0.25) is 0 Å². The largest absolute Gasteiger partial charge is 0.394 e. The van der Waals surface area contributed by atoms with Gasteiger partial charge in [-0.2, -0.15) is 0 Å². The van der Waals surface area contributed by atoms with Gasteiger partial charge in [-0.1, -0.05) is 0 Å². The van der Waals surface area contributed by atoms with Crippen LogP contribution in [0.5, 0.6) is 0 Å². The molecular formula is C6H12O6. The Labute approximate surface area is 68.7 Å². The van der Waals surface area contributed by atoms with Crippen molar-refractivity contribution >= 4 is 5.78 Å². The molecule has 0 fully saturated rings. The van der Waals surface area contributed by atoms with Gasteiger partial charge < -0.3 is 25.5 Å². The monoisotopic (exact) mass is 180 g/mol. The lowest BCUT2D eigenvalue weighted by molar-refractivity contribution is -0.144. The molecule has 0 saturated carbocycles. The minimum Gasteiger partial charge on any atom is -0.394 e. The van der Waals surface area contributed by atoms with E-state index in [1.54, 1.807) is 0 Å². The fourth-order valence-corrected chi connectivity index (χ4v) is 0.577. The van der Waals surface area contributed by atoms with Crippen molar-refractivity contribution in [3.05, 3.63) is 0 Å². The fraction of sp³-hybridized carbons (Fsp3) is 0.833. The summed E-state index contributed by atoms with van der Waals surface area (Å²) >= 11 is 0. The normalized spacial score (nSPS) is 18.4. The van der Waals surface area contributed by atoms with Crippen molar-refractivity contribution in [1.29, 1.82) is 0 Å². The first-order valence-electron chi connectivity index (χ1n) is 3.34. The van der Waals surface area contributed by atoms with Gasteiger partial charge in [-0.3, -0.25) is 4.79 Å². The Morgan fingerprint density at radius 3 is 1.92 bits per heavy atom. The Hall–Kier alpha value is -0.530. The van der Waals surface area contributed by atoms with Crippen LogP contribution in [0, 0.1) is 0 Å². The molecule has 0 aromatic rings. The van der Waals surface area contributed by atoms with Crippen LogP contribution in [0.4, 0.5) is 0 Å². The van der Waals surface area contributed by atoms with Gasteiger partial charge in [-0.25, -0.2) is 0 Å². The van der Waals surface area contributed by atoms with Gasteiger partial charge in [0.25, 0.3) is 0 Å². The number of carbonyl (C=O) groups excluding carboxylic acids is 1.